The lowest BCUT2D eigenvalue weighted by Crippen LogP contribution is -2.48. The minimum absolute atomic E-state index is 0.0460. The van der Waals surface area contributed by atoms with E-state index in [1.54, 1.807) is 4.90 Å². The maximum absolute atomic E-state index is 12.2. The van der Waals surface area contributed by atoms with Crippen LogP contribution in [0.3, 0.4) is 0 Å². The van der Waals surface area contributed by atoms with Crippen molar-refractivity contribution in [2.24, 2.45) is 17.6 Å². The van der Waals surface area contributed by atoms with Gasteiger partial charge in [0.25, 0.3) is 0 Å². The summed E-state index contributed by atoms with van der Waals surface area (Å²) in [6.07, 6.45) is 6.28. The van der Waals surface area contributed by atoms with Gasteiger partial charge in [0, 0.05) is 25.0 Å². The van der Waals surface area contributed by atoms with Gasteiger partial charge in [0.1, 0.15) is 0 Å². The number of piperidine rings is 1. The first-order chi connectivity index (χ1) is 9.08. The molecule has 2 atom stereocenters. The predicted molar refractivity (Wildman–Crippen MR) is 73.4 cm³/mol. The SMILES string of the molecule is C[C@H]1CCCC[C@@H]1NC(=O)C1CCN(C(N)=O)CC1. The van der Waals surface area contributed by atoms with E-state index in [2.05, 4.69) is 12.2 Å². The Labute approximate surface area is 114 Å². The zero-order valence-electron chi connectivity index (χ0n) is 11.7. The van der Waals surface area contributed by atoms with Crippen LogP contribution < -0.4 is 11.1 Å². The number of urea groups is 1. The quantitative estimate of drug-likeness (QED) is 0.795. The molecule has 1 aliphatic heterocycles. The Morgan fingerprint density at radius 2 is 1.74 bits per heavy atom. The van der Waals surface area contributed by atoms with Gasteiger partial charge in [-0.25, -0.2) is 4.79 Å². The Hall–Kier alpha value is -1.26. The van der Waals surface area contributed by atoms with Crippen LogP contribution in [-0.2, 0) is 4.79 Å². The van der Waals surface area contributed by atoms with Crippen LogP contribution >= 0.6 is 0 Å². The standard InChI is InChI=1S/C14H25N3O2/c1-10-4-2-3-5-12(10)16-13(18)11-6-8-17(9-7-11)14(15)19/h10-12H,2-9H2,1H3,(H2,15,19)(H,16,18)/t10-,12-/m0/s1. The molecule has 5 heteroatoms. The number of likely N-dealkylation sites (tertiary alicyclic amines) is 1. The predicted octanol–water partition coefficient (Wildman–Crippen LogP) is 1.47. The molecule has 5 nitrogen and oxygen atoms in total. The fourth-order valence-electron chi connectivity index (χ4n) is 3.19. The second-order valence-electron chi connectivity index (χ2n) is 5.98. The maximum Gasteiger partial charge on any atom is 0.314 e. The zero-order valence-corrected chi connectivity index (χ0v) is 11.7. The number of hydrogen-bond donors (Lipinski definition) is 2. The van der Waals surface area contributed by atoms with Crippen LogP contribution in [0, 0.1) is 11.8 Å². The summed E-state index contributed by atoms with van der Waals surface area (Å²) in [6, 6.07) is -0.0322. The van der Waals surface area contributed by atoms with Gasteiger partial charge >= 0.3 is 6.03 Å². The number of primary amides is 1. The summed E-state index contributed by atoms with van der Waals surface area (Å²) in [5, 5.41) is 3.21. The zero-order chi connectivity index (χ0) is 13.8. The lowest BCUT2D eigenvalue weighted by molar-refractivity contribution is -0.127. The van der Waals surface area contributed by atoms with Gasteiger partial charge in [-0.1, -0.05) is 19.8 Å². The van der Waals surface area contributed by atoms with E-state index in [4.69, 9.17) is 5.73 Å². The van der Waals surface area contributed by atoms with E-state index in [-0.39, 0.29) is 17.9 Å². The highest BCUT2D eigenvalue weighted by atomic mass is 16.2. The number of hydrogen-bond acceptors (Lipinski definition) is 2. The molecule has 0 aromatic carbocycles. The average Bonchev–Trinajstić information content (AvgIpc) is 2.41. The molecule has 2 aliphatic rings. The number of nitrogens with two attached hydrogens (primary N) is 1. The molecule has 0 bridgehead atoms. The molecular weight excluding hydrogens is 242 g/mol. The van der Waals surface area contributed by atoms with Gasteiger partial charge in [0.15, 0.2) is 0 Å². The van der Waals surface area contributed by atoms with Crippen molar-refractivity contribution in [1.82, 2.24) is 10.2 Å². The molecule has 0 aromatic rings. The molecule has 1 saturated heterocycles. The van der Waals surface area contributed by atoms with Gasteiger partial charge in [0.2, 0.25) is 5.91 Å². The van der Waals surface area contributed by atoms with Crippen molar-refractivity contribution < 1.29 is 9.59 Å². The van der Waals surface area contributed by atoms with E-state index < -0.39 is 0 Å². The van der Waals surface area contributed by atoms with Crippen molar-refractivity contribution in [3.05, 3.63) is 0 Å². The molecule has 1 aliphatic carbocycles. The minimum Gasteiger partial charge on any atom is -0.353 e. The summed E-state index contributed by atoms with van der Waals surface area (Å²) in [7, 11) is 0. The number of amides is 3. The van der Waals surface area contributed by atoms with Crippen LogP contribution in [0.25, 0.3) is 0 Å². The number of carbonyl (C=O) groups excluding carboxylic acids is 2. The third kappa shape index (κ3) is 3.61. The summed E-state index contributed by atoms with van der Waals surface area (Å²) in [6.45, 7) is 3.43. The van der Waals surface area contributed by atoms with E-state index in [1.165, 1.54) is 19.3 Å². The minimum atomic E-state index is -0.375. The van der Waals surface area contributed by atoms with Crippen molar-refractivity contribution in [3.8, 4) is 0 Å². The first-order valence-corrected chi connectivity index (χ1v) is 7.42. The van der Waals surface area contributed by atoms with E-state index in [1.807, 2.05) is 0 Å². The summed E-state index contributed by atoms with van der Waals surface area (Å²) in [5.74, 6) is 0.802. The van der Waals surface area contributed by atoms with Gasteiger partial charge in [-0.2, -0.15) is 0 Å². The Balaban J connectivity index is 1.79. The van der Waals surface area contributed by atoms with Crippen LogP contribution in [0.2, 0.25) is 0 Å². The van der Waals surface area contributed by atoms with E-state index >= 15 is 0 Å². The van der Waals surface area contributed by atoms with Gasteiger partial charge in [0.05, 0.1) is 0 Å². The average molecular weight is 267 g/mol. The number of rotatable bonds is 2. The summed E-state index contributed by atoms with van der Waals surface area (Å²) < 4.78 is 0. The van der Waals surface area contributed by atoms with Crippen molar-refractivity contribution in [2.45, 2.75) is 51.5 Å². The van der Waals surface area contributed by atoms with Crippen LogP contribution in [0.15, 0.2) is 0 Å². The molecule has 2 fully saturated rings. The van der Waals surface area contributed by atoms with Crippen LogP contribution in [-0.4, -0.2) is 36.0 Å². The fraction of sp³-hybridized carbons (Fsp3) is 0.857. The smallest absolute Gasteiger partial charge is 0.314 e. The Morgan fingerprint density at radius 3 is 2.32 bits per heavy atom. The fourth-order valence-corrected chi connectivity index (χ4v) is 3.19. The third-order valence-corrected chi connectivity index (χ3v) is 4.62. The van der Waals surface area contributed by atoms with Gasteiger partial charge in [-0.15, -0.1) is 0 Å². The highest BCUT2D eigenvalue weighted by Crippen LogP contribution is 2.25. The molecule has 1 saturated carbocycles. The van der Waals surface area contributed by atoms with Gasteiger partial charge < -0.3 is 16.0 Å². The molecule has 0 radical (unpaired) electrons. The molecule has 0 unspecified atom stereocenters. The molecule has 1 heterocycles. The molecule has 3 N–H and O–H groups in total. The van der Waals surface area contributed by atoms with Gasteiger partial charge in [-0.05, 0) is 31.6 Å². The molecular formula is C14H25N3O2. The molecule has 0 aromatic heterocycles. The van der Waals surface area contributed by atoms with Crippen molar-refractivity contribution in [2.75, 3.05) is 13.1 Å². The van der Waals surface area contributed by atoms with E-state index in [0.29, 0.717) is 25.0 Å². The second kappa shape index (κ2) is 6.26. The van der Waals surface area contributed by atoms with Crippen molar-refractivity contribution >= 4 is 11.9 Å². The molecule has 2 rings (SSSR count). The number of carbonyl (C=O) groups is 2. The Morgan fingerprint density at radius 1 is 1.11 bits per heavy atom. The Bertz CT molecular complexity index is 338. The largest absolute Gasteiger partial charge is 0.353 e. The van der Waals surface area contributed by atoms with Crippen molar-refractivity contribution in [3.63, 3.8) is 0 Å². The van der Waals surface area contributed by atoms with E-state index in [9.17, 15) is 9.59 Å². The summed E-state index contributed by atoms with van der Waals surface area (Å²) in [4.78, 5) is 24.9. The maximum atomic E-state index is 12.2. The molecule has 19 heavy (non-hydrogen) atoms. The summed E-state index contributed by atoms with van der Waals surface area (Å²) in [5.41, 5.74) is 5.24. The second-order valence-corrected chi connectivity index (χ2v) is 5.98. The third-order valence-electron chi connectivity index (χ3n) is 4.62. The lowest BCUT2D eigenvalue weighted by atomic mass is 9.85. The lowest BCUT2D eigenvalue weighted by Gasteiger charge is -2.33. The first-order valence-electron chi connectivity index (χ1n) is 7.42. The van der Waals surface area contributed by atoms with Gasteiger partial charge in [-0.3, -0.25) is 4.79 Å². The number of nitrogens with one attached hydrogen (secondary N) is 1. The highest BCUT2D eigenvalue weighted by molar-refractivity contribution is 5.79. The molecule has 0 spiro atoms. The molecule has 3 amide bonds. The van der Waals surface area contributed by atoms with Crippen LogP contribution in [0.1, 0.15) is 45.4 Å². The van der Waals surface area contributed by atoms with Crippen molar-refractivity contribution in [1.29, 1.82) is 0 Å². The monoisotopic (exact) mass is 267 g/mol. The number of nitrogens with zero attached hydrogens (tertiary/aromatic N) is 1. The highest BCUT2D eigenvalue weighted by Gasteiger charge is 2.29. The first kappa shape index (κ1) is 14.2. The molecule has 108 valence electrons. The summed E-state index contributed by atoms with van der Waals surface area (Å²) >= 11 is 0. The van der Waals surface area contributed by atoms with E-state index in [0.717, 1.165) is 19.3 Å². The topological polar surface area (TPSA) is 75.4 Å². The van der Waals surface area contributed by atoms with Crippen LogP contribution in [0.5, 0.6) is 0 Å². The normalized spacial score (nSPS) is 29.0. The Kier molecular flexibility index (Phi) is 4.66. The van der Waals surface area contributed by atoms with Crippen LogP contribution in [0.4, 0.5) is 4.79 Å².